The number of carbonyl (C=O) groups excluding carboxylic acids is 2. The van der Waals surface area contributed by atoms with E-state index in [1.54, 1.807) is 0 Å². The molecule has 0 saturated carbocycles. The molecule has 1 aliphatic heterocycles. The van der Waals surface area contributed by atoms with E-state index in [4.69, 9.17) is 0 Å². The summed E-state index contributed by atoms with van der Waals surface area (Å²) < 4.78 is 2.12. The van der Waals surface area contributed by atoms with Crippen LogP contribution >= 0.6 is 0 Å². The molecule has 0 N–H and O–H groups in total. The lowest BCUT2D eigenvalue weighted by Gasteiger charge is -2.23. The van der Waals surface area contributed by atoms with E-state index >= 15 is 0 Å². The van der Waals surface area contributed by atoms with E-state index in [0.29, 0.717) is 44.0 Å². The Morgan fingerprint density at radius 3 is 2.00 bits per heavy atom. The first-order valence-electron chi connectivity index (χ1n) is 11.5. The SMILES string of the molecule is O=C(c1ccccc1)N1CCCN(C(=O)c2cc3ccccc3n2Cc2ccccc2)CC1. The van der Waals surface area contributed by atoms with Crippen molar-refractivity contribution in [2.75, 3.05) is 26.2 Å². The molecule has 0 spiro atoms. The molecule has 5 heteroatoms. The van der Waals surface area contributed by atoms with Gasteiger partial charge in [-0.1, -0.05) is 66.7 Å². The average molecular weight is 438 g/mol. The summed E-state index contributed by atoms with van der Waals surface area (Å²) in [7, 11) is 0. The Morgan fingerprint density at radius 1 is 0.667 bits per heavy atom. The summed E-state index contributed by atoms with van der Waals surface area (Å²) in [5.41, 5.74) is 3.60. The van der Waals surface area contributed by atoms with Crippen LogP contribution in [0.15, 0.2) is 91.0 Å². The van der Waals surface area contributed by atoms with Crippen LogP contribution in [-0.2, 0) is 6.54 Å². The molecule has 1 saturated heterocycles. The minimum absolute atomic E-state index is 0.0242. The second-order valence-corrected chi connectivity index (χ2v) is 8.46. The average Bonchev–Trinajstić information content (AvgIpc) is 3.05. The number of fused-ring (bicyclic) bond motifs is 1. The molecule has 0 aliphatic carbocycles. The number of aromatic nitrogens is 1. The van der Waals surface area contributed by atoms with Crippen molar-refractivity contribution in [3.63, 3.8) is 0 Å². The Labute approximate surface area is 193 Å². The van der Waals surface area contributed by atoms with Crippen LogP contribution in [0.4, 0.5) is 0 Å². The summed E-state index contributed by atoms with van der Waals surface area (Å²) in [6, 6.07) is 29.7. The second-order valence-electron chi connectivity index (χ2n) is 8.46. The third-order valence-electron chi connectivity index (χ3n) is 6.30. The maximum Gasteiger partial charge on any atom is 0.270 e. The summed E-state index contributed by atoms with van der Waals surface area (Å²) in [5, 5.41) is 1.06. The number of nitrogens with zero attached hydrogens (tertiary/aromatic N) is 3. The highest BCUT2D eigenvalue weighted by molar-refractivity contribution is 5.99. The minimum atomic E-state index is 0.0242. The monoisotopic (exact) mass is 437 g/mol. The molecule has 33 heavy (non-hydrogen) atoms. The fraction of sp³-hybridized carbons (Fsp3) is 0.214. The number of hydrogen-bond acceptors (Lipinski definition) is 2. The molecule has 0 atom stereocenters. The summed E-state index contributed by atoms with van der Waals surface area (Å²) in [4.78, 5) is 30.3. The molecule has 1 aromatic heterocycles. The molecule has 1 fully saturated rings. The summed E-state index contributed by atoms with van der Waals surface area (Å²) in [5.74, 6) is 0.0548. The molecule has 166 valence electrons. The van der Waals surface area contributed by atoms with Gasteiger partial charge in [-0.2, -0.15) is 0 Å². The first kappa shape index (κ1) is 21.0. The van der Waals surface area contributed by atoms with Crippen LogP contribution in [0.1, 0.15) is 32.8 Å². The van der Waals surface area contributed by atoms with Crippen LogP contribution in [-0.4, -0.2) is 52.4 Å². The zero-order valence-electron chi connectivity index (χ0n) is 18.6. The van der Waals surface area contributed by atoms with Crippen molar-refractivity contribution in [1.82, 2.24) is 14.4 Å². The van der Waals surface area contributed by atoms with Gasteiger partial charge in [0, 0.05) is 49.2 Å². The number of hydrogen-bond donors (Lipinski definition) is 0. The molecule has 2 heterocycles. The van der Waals surface area contributed by atoms with Gasteiger partial charge in [0.25, 0.3) is 11.8 Å². The van der Waals surface area contributed by atoms with Gasteiger partial charge in [-0.05, 0) is 36.2 Å². The molecule has 3 aromatic carbocycles. The smallest absolute Gasteiger partial charge is 0.270 e. The van der Waals surface area contributed by atoms with Gasteiger partial charge in [-0.25, -0.2) is 0 Å². The van der Waals surface area contributed by atoms with Gasteiger partial charge in [0.1, 0.15) is 5.69 Å². The van der Waals surface area contributed by atoms with Crippen LogP contribution in [0.5, 0.6) is 0 Å². The highest BCUT2D eigenvalue weighted by Crippen LogP contribution is 2.23. The number of para-hydroxylation sites is 1. The second kappa shape index (κ2) is 9.33. The predicted octanol–water partition coefficient (Wildman–Crippen LogP) is 4.68. The molecule has 0 unspecified atom stereocenters. The zero-order chi connectivity index (χ0) is 22.6. The minimum Gasteiger partial charge on any atom is -0.337 e. The van der Waals surface area contributed by atoms with Crippen molar-refractivity contribution in [2.24, 2.45) is 0 Å². The third kappa shape index (κ3) is 4.40. The molecule has 0 bridgehead atoms. The Bertz CT molecular complexity index is 1260. The topological polar surface area (TPSA) is 45.6 Å². The quantitative estimate of drug-likeness (QED) is 0.465. The van der Waals surface area contributed by atoms with Crippen LogP contribution < -0.4 is 0 Å². The maximum absolute atomic E-state index is 13.7. The number of carbonyl (C=O) groups is 2. The molecule has 2 amide bonds. The molecule has 5 nitrogen and oxygen atoms in total. The van der Waals surface area contributed by atoms with Gasteiger partial charge in [0.2, 0.25) is 0 Å². The lowest BCUT2D eigenvalue weighted by atomic mass is 10.2. The van der Waals surface area contributed by atoms with Crippen molar-refractivity contribution in [2.45, 2.75) is 13.0 Å². The van der Waals surface area contributed by atoms with E-state index in [0.717, 1.165) is 22.9 Å². The third-order valence-corrected chi connectivity index (χ3v) is 6.30. The van der Waals surface area contributed by atoms with Gasteiger partial charge in [0.15, 0.2) is 0 Å². The number of benzene rings is 3. The van der Waals surface area contributed by atoms with Gasteiger partial charge in [0.05, 0.1) is 0 Å². The Morgan fingerprint density at radius 2 is 1.27 bits per heavy atom. The van der Waals surface area contributed by atoms with E-state index in [1.807, 2.05) is 76.5 Å². The normalized spacial score (nSPS) is 14.3. The molecule has 5 rings (SSSR count). The van der Waals surface area contributed by atoms with Crippen molar-refractivity contribution in [1.29, 1.82) is 0 Å². The zero-order valence-corrected chi connectivity index (χ0v) is 18.6. The van der Waals surface area contributed by atoms with E-state index < -0.39 is 0 Å². The van der Waals surface area contributed by atoms with Crippen LogP contribution in [0.3, 0.4) is 0 Å². The fourth-order valence-electron chi connectivity index (χ4n) is 4.57. The number of rotatable bonds is 4. The Balaban J connectivity index is 1.39. The largest absolute Gasteiger partial charge is 0.337 e. The van der Waals surface area contributed by atoms with Crippen molar-refractivity contribution in [3.05, 3.63) is 108 Å². The Kier molecular flexibility index (Phi) is 5.94. The van der Waals surface area contributed by atoms with E-state index in [2.05, 4.69) is 28.8 Å². The highest BCUT2D eigenvalue weighted by atomic mass is 16.2. The van der Waals surface area contributed by atoms with Crippen molar-refractivity contribution in [3.8, 4) is 0 Å². The van der Waals surface area contributed by atoms with E-state index in [-0.39, 0.29) is 11.8 Å². The standard InChI is InChI=1S/C28H27N3O2/c32-27(23-12-5-2-6-13-23)29-16-9-17-30(19-18-29)28(33)26-20-24-14-7-8-15-25(24)31(26)21-22-10-3-1-4-11-22/h1-8,10-15,20H,9,16-19,21H2. The summed E-state index contributed by atoms with van der Waals surface area (Å²) in [6.45, 7) is 3.01. The molecular formula is C28H27N3O2. The van der Waals surface area contributed by atoms with Crippen LogP contribution in [0.2, 0.25) is 0 Å². The number of amides is 2. The van der Waals surface area contributed by atoms with Crippen molar-refractivity contribution < 1.29 is 9.59 Å². The summed E-state index contributed by atoms with van der Waals surface area (Å²) >= 11 is 0. The van der Waals surface area contributed by atoms with Crippen LogP contribution in [0.25, 0.3) is 10.9 Å². The fourth-order valence-corrected chi connectivity index (χ4v) is 4.57. The molecule has 1 aliphatic rings. The summed E-state index contributed by atoms with van der Waals surface area (Å²) in [6.07, 6.45) is 0.767. The first-order valence-corrected chi connectivity index (χ1v) is 11.5. The lowest BCUT2D eigenvalue weighted by Crippen LogP contribution is -2.38. The highest BCUT2D eigenvalue weighted by Gasteiger charge is 2.26. The molecular weight excluding hydrogens is 410 g/mol. The lowest BCUT2D eigenvalue weighted by molar-refractivity contribution is 0.0713. The van der Waals surface area contributed by atoms with Gasteiger partial charge in [-0.3, -0.25) is 9.59 Å². The van der Waals surface area contributed by atoms with Crippen LogP contribution in [0, 0.1) is 0 Å². The van der Waals surface area contributed by atoms with E-state index in [1.165, 1.54) is 0 Å². The molecule has 0 radical (unpaired) electrons. The van der Waals surface area contributed by atoms with Gasteiger partial charge >= 0.3 is 0 Å². The molecule has 4 aromatic rings. The first-order chi connectivity index (χ1) is 16.2. The van der Waals surface area contributed by atoms with E-state index in [9.17, 15) is 9.59 Å². The predicted molar refractivity (Wildman–Crippen MR) is 130 cm³/mol. The van der Waals surface area contributed by atoms with Gasteiger partial charge < -0.3 is 14.4 Å². The van der Waals surface area contributed by atoms with Gasteiger partial charge in [-0.15, -0.1) is 0 Å². The van der Waals surface area contributed by atoms with Crippen molar-refractivity contribution >= 4 is 22.7 Å². The maximum atomic E-state index is 13.7. The Hall–Kier alpha value is -3.86.